The van der Waals surface area contributed by atoms with Crippen molar-refractivity contribution < 1.29 is 9.53 Å². The molecule has 2 rings (SSSR count). The van der Waals surface area contributed by atoms with E-state index in [-0.39, 0.29) is 18.1 Å². The summed E-state index contributed by atoms with van der Waals surface area (Å²) >= 11 is 9.35. The standard InChI is InChI=1S/C12H14BrClN2O2/c1-18-11-6-15-5-10(11)16-12(17)8-3-2-7(13)4-9(8)14/h2-4,10-11,15H,5-6H2,1H3,(H,16,17)/t10?,11-/m0/s1. The molecule has 0 aliphatic carbocycles. The van der Waals surface area contributed by atoms with Crippen molar-refractivity contribution in [3.05, 3.63) is 33.3 Å². The maximum Gasteiger partial charge on any atom is 0.253 e. The number of hydrogen-bond acceptors (Lipinski definition) is 3. The summed E-state index contributed by atoms with van der Waals surface area (Å²) in [5.41, 5.74) is 0.474. The maximum atomic E-state index is 12.1. The Morgan fingerprint density at radius 3 is 3.00 bits per heavy atom. The van der Waals surface area contributed by atoms with E-state index in [0.717, 1.165) is 11.0 Å². The lowest BCUT2D eigenvalue weighted by atomic mass is 10.1. The van der Waals surface area contributed by atoms with E-state index in [9.17, 15) is 4.79 Å². The first-order valence-electron chi connectivity index (χ1n) is 5.61. The Morgan fingerprint density at radius 2 is 2.33 bits per heavy atom. The number of benzene rings is 1. The molecule has 1 heterocycles. The number of carbonyl (C=O) groups excluding carboxylic acids is 1. The Hall–Kier alpha value is -0.620. The Balaban J connectivity index is 2.07. The van der Waals surface area contributed by atoms with E-state index in [1.54, 1.807) is 25.3 Å². The van der Waals surface area contributed by atoms with Crippen LogP contribution in [0.2, 0.25) is 5.02 Å². The molecule has 2 atom stereocenters. The zero-order valence-electron chi connectivity index (χ0n) is 9.87. The lowest BCUT2D eigenvalue weighted by Gasteiger charge is -2.18. The van der Waals surface area contributed by atoms with Crippen LogP contribution in [0.25, 0.3) is 0 Å². The summed E-state index contributed by atoms with van der Waals surface area (Å²) in [5.74, 6) is -0.178. The molecule has 0 saturated carbocycles. The van der Waals surface area contributed by atoms with Crippen molar-refractivity contribution in [2.45, 2.75) is 12.1 Å². The van der Waals surface area contributed by atoms with Gasteiger partial charge >= 0.3 is 0 Å². The molecule has 1 fully saturated rings. The van der Waals surface area contributed by atoms with Crippen molar-refractivity contribution in [3.8, 4) is 0 Å². The first kappa shape index (κ1) is 13.8. The molecule has 1 saturated heterocycles. The number of methoxy groups -OCH3 is 1. The molecule has 18 heavy (non-hydrogen) atoms. The number of carbonyl (C=O) groups is 1. The van der Waals surface area contributed by atoms with Gasteiger partial charge in [0.15, 0.2) is 0 Å². The van der Waals surface area contributed by atoms with Gasteiger partial charge < -0.3 is 15.4 Å². The van der Waals surface area contributed by atoms with Crippen LogP contribution in [0.3, 0.4) is 0 Å². The first-order valence-corrected chi connectivity index (χ1v) is 6.78. The SMILES string of the molecule is CO[C@H]1CNCC1NC(=O)c1ccc(Br)cc1Cl. The van der Waals surface area contributed by atoms with Crippen LogP contribution in [0, 0.1) is 0 Å². The van der Waals surface area contributed by atoms with Crippen molar-refractivity contribution in [3.63, 3.8) is 0 Å². The smallest absolute Gasteiger partial charge is 0.253 e. The van der Waals surface area contributed by atoms with Crippen LogP contribution in [0.4, 0.5) is 0 Å². The van der Waals surface area contributed by atoms with Gasteiger partial charge in [0, 0.05) is 24.7 Å². The van der Waals surface area contributed by atoms with Gasteiger partial charge in [0.05, 0.1) is 22.7 Å². The van der Waals surface area contributed by atoms with E-state index in [0.29, 0.717) is 17.1 Å². The second-order valence-corrected chi connectivity index (χ2v) is 5.46. The highest BCUT2D eigenvalue weighted by Gasteiger charge is 2.28. The molecule has 0 spiro atoms. The average molecular weight is 334 g/mol. The van der Waals surface area contributed by atoms with Crippen molar-refractivity contribution in [1.82, 2.24) is 10.6 Å². The van der Waals surface area contributed by atoms with Gasteiger partial charge in [0.25, 0.3) is 5.91 Å². The fraction of sp³-hybridized carbons (Fsp3) is 0.417. The summed E-state index contributed by atoms with van der Waals surface area (Å²) in [5, 5.41) is 6.54. The van der Waals surface area contributed by atoms with E-state index < -0.39 is 0 Å². The molecule has 1 amide bonds. The van der Waals surface area contributed by atoms with Gasteiger partial charge in [-0.25, -0.2) is 0 Å². The topological polar surface area (TPSA) is 50.4 Å². The molecular weight excluding hydrogens is 320 g/mol. The highest BCUT2D eigenvalue weighted by molar-refractivity contribution is 9.10. The lowest BCUT2D eigenvalue weighted by Crippen LogP contribution is -2.43. The van der Waals surface area contributed by atoms with E-state index in [1.807, 2.05) is 0 Å². The minimum atomic E-state index is -0.178. The summed E-state index contributed by atoms with van der Waals surface area (Å²) in [6, 6.07) is 5.17. The quantitative estimate of drug-likeness (QED) is 0.887. The number of nitrogens with one attached hydrogen (secondary N) is 2. The normalized spacial score (nSPS) is 23.1. The Kier molecular flexibility index (Phi) is 4.61. The summed E-state index contributed by atoms with van der Waals surface area (Å²) in [7, 11) is 1.64. The van der Waals surface area contributed by atoms with Crippen molar-refractivity contribution in [1.29, 1.82) is 0 Å². The van der Waals surface area contributed by atoms with Gasteiger partial charge in [0.1, 0.15) is 0 Å². The third-order valence-corrected chi connectivity index (χ3v) is 3.76. The van der Waals surface area contributed by atoms with Crippen LogP contribution in [-0.2, 0) is 4.74 Å². The highest BCUT2D eigenvalue weighted by Crippen LogP contribution is 2.21. The summed E-state index contributed by atoms with van der Waals surface area (Å²) in [6.45, 7) is 1.45. The van der Waals surface area contributed by atoms with Crippen LogP contribution >= 0.6 is 27.5 Å². The molecule has 2 N–H and O–H groups in total. The minimum absolute atomic E-state index is 0.00294. The molecule has 1 aliphatic rings. The molecule has 1 unspecified atom stereocenters. The van der Waals surface area contributed by atoms with E-state index in [2.05, 4.69) is 26.6 Å². The van der Waals surface area contributed by atoms with Gasteiger partial charge in [-0.3, -0.25) is 4.79 Å². The molecule has 98 valence electrons. The molecular formula is C12H14BrClN2O2. The Morgan fingerprint density at radius 1 is 1.56 bits per heavy atom. The number of halogens is 2. The summed E-state index contributed by atoms with van der Waals surface area (Å²) in [6.07, 6.45) is 0.00294. The second kappa shape index (κ2) is 6.02. The predicted molar refractivity (Wildman–Crippen MR) is 74.1 cm³/mol. The largest absolute Gasteiger partial charge is 0.378 e. The molecule has 1 aromatic rings. The Labute approximate surface area is 119 Å². The Bertz CT molecular complexity index is 456. The molecule has 4 nitrogen and oxygen atoms in total. The van der Waals surface area contributed by atoms with Gasteiger partial charge in [-0.05, 0) is 18.2 Å². The maximum absolute atomic E-state index is 12.1. The van der Waals surface area contributed by atoms with Crippen LogP contribution in [-0.4, -0.2) is 38.3 Å². The van der Waals surface area contributed by atoms with Gasteiger partial charge in [-0.15, -0.1) is 0 Å². The number of rotatable bonds is 3. The van der Waals surface area contributed by atoms with Crippen molar-refractivity contribution >= 4 is 33.4 Å². The van der Waals surface area contributed by atoms with Gasteiger partial charge in [-0.1, -0.05) is 27.5 Å². The van der Waals surface area contributed by atoms with E-state index in [1.165, 1.54) is 0 Å². The number of amides is 1. The molecule has 6 heteroatoms. The molecule has 0 bridgehead atoms. The minimum Gasteiger partial charge on any atom is -0.378 e. The average Bonchev–Trinajstić information content (AvgIpc) is 2.76. The van der Waals surface area contributed by atoms with E-state index in [4.69, 9.17) is 16.3 Å². The third kappa shape index (κ3) is 3.03. The number of hydrogen-bond donors (Lipinski definition) is 2. The van der Waals surface area contributed by atoms with Crippen molar-refractivity contribution in [2.24, 2.45) is 0 Å². The molecule has 1 aliphatic heterocycles. The molecule has 0 aromatic heterocycles. The molecule has 1 aromatic carbocycles. The fourth-order valence-corrected chi connectivity index (χ4v) is 2.73. The third-order valence-electron chi connectivity index (χ3n) is 2.95. The van der Waals surface area contributed by atoms with Crippen LogP contribution < -0.4 is 10.6 Å². The number of ether oxygens (including phenoxy) is 1. The summed E-state index contributed by atoms with van der Waals surface area (Å²) in [4.78, 5) is 12.1. The monoisotopic (exact) mass is 332 g/mol. The van der Waals surface area contributed by atoms with Crippen LogP contribution in [0.5, 0.6) is 0 Å². The van der Waals surface area contributed by atoms with Crippen LogP contribution in [0.15, 0.2) is 22.7 Å². The first-order chi connectivity index (χ1) is 8.61. The van der Waals surface area contributed by atoms with Gasteiger partial charge in [-0.2, -0.15) is 0 Å². The fourth-order valence-electron chi connectivity index (χ4n) is 1.97. The lowest BCUT2D eigenvalue weighted by molar-refractivity contribution is 0.0780. The zero-order chi connectivity index (χ0) is 13.1. The second-order valence-electron chi connectivity index (χ2n) is 4.14. The molecule has 0 radical (unpaired) electrons. The summed E-state index contributed by atoms with van der Waals surface area (Å²) < 4.78 is 6.14. The van der Waals surface area contributed by atoms with Crippen LogP contribution in [0.1, 0.15) is 10.4 Å². The zero-order valence-corrected chi connectivity index (χ0v) is 12.2. The van der Waals surface area contributed by atoms with E-state index >= 15 is 0 Å². The van der Waals surface area contributed by atoms with Crippen molar-refractivity contribution in [2.75, 3.05) is 20.2 Å². The predicted octanol–water partition coefficient (Wildman–Crippen LogP) is 1.82. The highest BCUT2D eigenvalue weighted by atomic mass is 79.9. The van der Waals surface area contributed by atoms with Gasteiger partial charge in [0.2, 0.25) is 0 Å².